The maximum absolute atomic E-state index is 15.5. The average Bonchev–Trinajstić information content (AvgIpc) is 2.74. The molecular formula is C23H28ClF5N2O5. The summed E-state index contributed by atoms with van der Waals surface area (Å²) in [4.78, 5) is 25.9. The second kappa shape index (κ2) is 10.4. The van der Waals surface area contributed by atoms with E-state index in [1.807, 2.05) is 0 Å². The summed E-state index contributed by atoms with van der Waals surface area (Å²) in [5.74, 6) is -7.90. The third kappa shape index (κ3) is 4.35. The highest BCUT2D eigenvalue weighted by Gasteiger charge is 2.71. The van der Waals surface area contributed by atoms with Gasteiger partial charge in [0.15, 0.2) is 0 Å². The monoisotopic (exact) mass is 542 g/mol. The number of alkyl halides is 4. The van der Waals surface area contributed by atoms with Gasteiger partial charge in [-0.1, -0.05) is 18.0 Å². The molecule has 1 saturated carbocycles. The van der Waals surface area contributed by atoms with Crippen molar-refractivity contribution in [1.82, 2.24) is 5.32 Å². The van der Waals surface area contributed by atoms with Gasteiger partial charge >= 0.3 is 18.1 Å². The van der Waals surface area contributed by atoms with Gasteiger partial charge in [0.2, 0.25) is 0 Å². The van der Waals surface area contributed by atoms with Crippen molar-refractivity contribution < 1.29 is 46.5 Å². The molecule has 3 rings (SSSR count). The van der Waals surface area contributed by atoms with Gasteiger partial charge in [-0.25, -0.2) is 8.78 Å². The number of carbonyl (C=O) groups is 2. The zero-order chi connectivity index (χ0) is 27.1. The Balaban J connectivity index is 2.48. The van der Waals surface area contributed by atoms with E-state index in [0.717, 1.165) is 6.92 Å². The van der Waals surface area contributed by atoms with E-state index in [2.05, 4.69) is 5.32 Å². The number of hydrogen-bond acceptors (Lipinski definition) is 5. The minimum Gasteiger partial charge on any atom is -0.481 e. The highest BCUT2D eigenvalue weighted by Crippen LogP contribution is 2.64. The molecule has 5 unspecified atom stereocenters. The molecule has 1 aromatic carbocycles. The van der Waals surface area contributed by atoms with Crippen LogP contribution in [0.1, 0.15) is 43.2 Å². The Morgan fingerprint density at radius 1 is 1.22 bits per heavy atom. The highest BCUT2D eigenvalue weighted by atomic mass is 35.5. The first-order chi connectivity index (χ1) is 16.8. The second-order valence-electron chi connectivity index (χ2n) is 9.49. The zero-order valence-corrected chi connectivity index (χ0v) is 20.1. The van der Waals surface area contributed by atoms with Crippen molar-refractivity contribution in [2.24, 2.45) is 22.5 Å². The Kier molecular flexibility index (Phi) is 8.24. The topological polar surface area (TPSA) is 122 Å². The van der Waals surface area contributed by atoms with E-state index in [1.54, 1.807) is 0 Å². The summed E-state index contributed by atoms with van der Waals surface area (Å²) < 4.78 is 78.2. The first-order valence-electron chi connectivity index (χ1n) is 11.4. The van der Waals surface area contributed by atoms with Crippen LogP contribution in [0.2, 0.25) is 5.02 Å². The van der Waals surface area contributed by atoms with Gasteiger partial charge in [0.05, 0.1) is 40.7 Å². The molecule has 2 aliphatic rings. The van der Waals surface area contributed by atoms with Crippen LogP contribution in [-0.4, -0.2) is 60.7 Å². The molecule has 5 atom stereocenters. The standard InChI is InChI=1S/C23H28ClF5N2O5/c1-21(19(32)33)14(9-25)31-15(10-36-8-7-30)22(20(34)35,11-3-2-4-11)18(21)16-13(26)6-5-12(24)17(16)23(27,28)29/h5-6,11,14-15,18,31H,2-4,7-10,30H2,1H3,(H,32,33)(H,34,35). The number of rotatable bonds is 9. The third-order valence-corrected chi connectivity index (χ3v) is 8.12. The minimum absolute atomic E-state index is 0.0418. The Bertz CT molecular complexity index is 1010. The lowest BCUT2D eigenvalue weighted by molar-refractivity contribution is -0.188. The van der Waals surface area contributed by atoms with Crippen LogP contribution in [0, 0.1) is 22.6 Å². The number of aliphatic carboxylic acids is 2. The van der Waals surface area contributed by atoms with E-state index in [0.29, 0.717) is 18.6 Å². The summed E-state index contributed by atoms with van der Waals surface area (Å²) in [6.45, 7) is -0.854. The number of carboxylic acid groups (broad SMARTS) is 2. The Hall–Kier alpha value is -2.02. The van der Waals surface area contributed by atoms with Gasteiger partial charge in [0, 0.05) is 24.1 Å². The van der Waals surface area contributed by atoms with E-state index >= 15 is 4.39 Å². The van der Waals surface area contributed by atoms with Crippen LogP contribution in [0.5, 0.6) is 0 Å². The largest absolute Gasteiger partial charge is 0.481 e. The van der Waals surface area contributed by atoms with Gasteiger partial charge in [0.1, 0.15) is 12.5 Å². The summed E-state index contributed by atoms with van der Waals surface area (Å²) in [6, 6.07) is -1.72. The van der Waals surface area contributed by atoms with Crippen molar-refractivity contribution in [3.63, 3.8) is 0 Å². The fourth-order valence-electron chi connectivity index (χ4n) is 5.93. The number of ether oxygens (including phenoxy) is 1. The molecule has 0 bridgehead atoms. The number of nitrogens with two attached hydrogens (primary N) is 1. The second-order valence-corrected chi connectivity index (χ2v) is 9.90. The smallest absolute Gasteiger partial charge is 0.418 e. The molecule has 7 nitrogen and oxygen atoms in total. The number of nitrogens with one attached hydrogen (secondary N) is 1. The fourth-order valence-corrected chi connectivity index (χ4v) is 6.20. The van der Waals surface area contributed by atoms with Gasteiger partial charge in [-0.3, -0.25) is 9.59 Å². The molecular weight excluding hydrogens is 515 g/mol. The van der Waals surface area contributed by atoms with Crippen molar-refractivity contribution in [2.45, 2.75) is 50.4 Å². The van der Waals surface area contributed by atoms with Crippen molar-refractivity contribution in [2.75, 3.05) is 26.4 Å². The maximum atomic E-state index is 15.5. The molecule has 5 N–H and O–H groups in total. The molecule has 0 radical (unpaired) electrons. The lowest BCUT2D eigenvalue weighted by Gasteiger charge is -2.61. The number of hydrogen-bond donors (Lipinski definition) is 4. The molecule has 2 fully saturated rings. The van der Waals surface area contributed by atoms with Gasteiger partial charge in [-0.2, -0.15) is 13.2 Å². The van der Waals surface area contributed by atoms with E-state index in [-0.39, 0.29) is 26.0 Å². The number of piperidine rings is 1. The van der Waals surface area contributed by atoms with Crippen molar-refractivity contribution in [1.29, 1.82) is 0 Å². The van der Waals surface area contributed by atoms with Gasteiger partial charge in [-0.05, 0) is 37.8 Å². The Morgan fingerprint density at radius 3 is 2.31 bits per heavy atom. The molecule has 0 amide bonds. The van der Waals surface area contributed by atoms with Crippen LogP contribution < -0.4 is 11.1 Å². The van der Waals surface area contributed by atoms with Crippen LogP contribution in [0.25, 0.3) is 0 Å². The first-order valence-corrected chi connectivity index (χ1v) is 11.8. The van der Waals surface area contributed by atoms with Crippen molar-refractivity contribution in [3.8, 4) is 0 Å². The molecule has 1 aromatic rings. The molecule has 202 valence electrons. The molecule has 1 heterocycles. The van der Waals surface area contributed by atoms with E-state index in [4.69, 9.17) is 22.1 Å². The average molecular weight is 543 g/mol. The fraction of sp³-hybridized carbons (Fsp3) is 0.652. The normalized spacial score (nSPS) is 31.2. The van der Waals surface area contributed by atoms with E-state index in [9.17, 15) is 37.4 Å². The summed E-state index contributed by atoms with van der Waals surface area (Å²) in [5.41, 5.74) is -2.25. The molecule has 1 saturated heterocycles. The molecule has 0 aromatic heterocycles. The van der Waals surface area contributed by atoms with Crippen LogP contribution in [-0.2, 0) is 20.5 Å². The van der Waals surface area contributed by atoms with Gasteiger partial charge in [0.25, 0.3) is 0 Å². The summed E-state index contributed by atoms with van der Waals surface area (Å²) in [6.07, 6.45) is -4.27. The lowest BCUT2D eigenvalue weighted by atomic mass is 9.45. The molecule has 13 heteroatoms. The highest BCUT2D eigenvalue weighted by molar-refractivity contribution is 6.31. The predicted molar refractivity (Wildman–Crippen MR) is 119 cm³/mol. The van der Waals surface area contributed by atoms with Crippen LogP contribution in [0.3, 0.4) is 0 Å². The van der Waals surface area contributed by atoms with Crippen LogP contribution >= 0.6 is 11.6 Å². The quantitative estimate of drug-likeness (QED) is 0.276. The third-order valence-electron chi connectivity index (χ3n) is 7.81. The SMILES string of the molecule is CC1(C(=O)O)C(CF)NC(COCCN)C(C(=O)O)(C2CCC2)C1c1c(F)ccc(Cl)c1C(F)(F)F. The molecule has 0 spiro atoms. The van der Waals surface area contributed by atoms with E-state index in [1.165, 1.54) is 0 Å². The van der Waals surface area contributed by atoms with Crippen molar-refractivity contribution >= 4 is 23.5 Å². The first kappa shape index (κ1) is 28.5. The number of carboxylic acids is 2. The Morgan fingerprint density at radius 2 is 1.86 bits per heavy atom. The minimum atomic E-state index is -5.26. The summed E-state index contributed by atoms with van der Waals surface area (Å²) in [5, 5.41) is 22.7. The van der Waals surface area contributed by atoms with E-state index < -0.39 is 88.1 Å². The van der Waals surface area contributed by atoms with Gasteiger partial charge < -0.3 is 26.0 Å². The number of halogens is 6. The Labute approximate surface area is 209 Å². The molecule has 36 heavy (non-hydrogen) atoms. The predicted octanol–water partition coefficient (Wildman–Crippen LogP) is 3.83. The number of benzene rings is 1. The zero-order valence-electron chi connectivity index (χ0n) is 19.4. The van der Waals surface area contributed by atoms with Crippen LogP contribution in [0.15, 0.2) is 12.1 Å². The maximum Gasteiger partial charge on any atom is 0.418 e. The van der Waals surface area contributed by atoms with Gasteiger partial charge in [-0.15, -0.1) is 0 Å². The summed E-state index contributed by atoms with van der Waals surface area (Å²) in [7, 11) is 0. The van der Waals surface area contributed by atoms with Crippen LogP contribution in [0.4, 0.5) is 22.0 Å². The molecule has 1 aliphatic carbocycles. The molecule has 1 aliphatic heterocycles. The van der Waals surface area contributed by atoms with Crippen molar-refractivity contribution in [3.05, 3.63) is 34.1 Å². The summed E-state index contributed by atoms with van der Waals surface area (Å²) >= 11 is 5.88. The lowest BCUT2D eigenvalue weighted by Crippen LogP contribution is -2.74.